The molecule has 1 saturated heterocycles. The first-order valence-corrected chi connectivity index (χ1v) is 10.8. The number of aliphatic hydroxyl groups excluding tert-OH is 1. The largest absolute Gasteiger partial charge is 0.478 e. The number of carbonyl (C=O) groups is 2. The van der Waals surface area contributed by atoms with Gasteiger partial charge in [-0.2, -0.15) is 0 Å². The highest BCUT2D eigenvalue weighted by molar-refractivity contribution is 5.87. The average Bonchev–Trinajstić information content (AvgIpc) is 3.06. The molecule has 0 radical (unpaired) electrons. The molecule has 28 heavy (non-hydrogen) atoms. The molecule has 5 nitrogen and oxygen atoms in total. The van der Waals surface area contributed by atoms with Crippen LogP contribution in [0.25, 0.3) is 0 Å². The first kappa shape index (κ1) is 20.8. The Morgan fingerprint density at radius 3 is 2.50 bits per heavy atom. The normalized spacial score (nSPS) is 21.8. The first-order chi connectivity index (χ1) is 13.5. The van der Waals surface area contributed by atoms with E-state index in [2.05, 4.69) is 0 Å². The van der Waals surface area contributed by atoms with E-state index in [1.165, 1.54) is 19.3 Å². The van der Waals surface area contributed by atoms with Crippen LogP contribution in [0.1, 0.15) is 80.1 Å². The Morgan fingerprint density at radius 2 is 1.82 bits per heavy atom. The van der Waals surface area contributed by atoms with Crippen molar-refractivity contribution in [1.82, 2.24) is 4.90 Å². The number of nitrogens with zero attached hydrogens (tertiary/aromatic N) is 1. The Bertz CT molecular complexity index is 651. The molecule has 0 aromatic heterocycles. The molecule has 2 N–H and O–H groups in total. The SMILES string of the molecule is O=C(O)c1ccc(CCC[C@H]2CCC(=O)N2CC[C@@H](O)C2CCCCC2)cc1. The monoisotopic (exact) mass is 387 g/mol. The first-order valence-electron chi connectivity index (χ1n) is 10.8. The van der Waals surface area contributed by atoms with E-state index in [-0.39, 0.29) is 18.1 Å². The Balaban J connectivity index is 1.43. The third-order valence-electron chi connectivity index (χ3n) is 6.52. The van der Waals surface area contributed by atoms with Crippen LogP contribution in [0.15, 0.2) is 24.3 Å². The number of aromatic carboxylic acids is 1. The zero-order valence-corrected chi connectivity index (χ0v) is 16.7. The highest BCUT2D eigenvalue weighted by Gasteiger charge is 2.31. The maximum atomic E-state index is 12.3. The summed E-state index contributed by atoms with van der Waals surface area (Å²) in [6.45, 7) is 0.675. The van der Waals surface area contributed by atoms with E-state index in [0.717, 1.165) is 44.1 Å². The molecule has 1 aromatic carbocycles. The zero-order valence-electron chi connectivity index (χ0n) is 16.7. The summed E-state index contributed by atoms with van der Waals surface area (Å²) < 4.78 is 0. The molecule has 5 heteroatoms. The molecule has 2 fully saturated rings. The van der Waals surface area contributed by atoms with Crippen molar-refractivity contribution in [2.75, 3.05) is 6.54 Å². The molecule has 0 spiro atoms. The molecule has 0 bridgehead atoms. The Hall–Kier alpha value is -1.88. The van der Waals surface area contributed by atoms with Crippen LogP contribution in [0.4, 0.5) is 0 Å². The molecule has 2 aliphatic rings. The number of carboxylic acids is 1. The zero-order chi connectivity index (χ0) is 19.9. The van der Waals surface area contributed by atoms with E-state index in [1.54, 1.807) is 12.1 Å². The lowest BCUT2D eigenvalue weighted by Gasteiger charge is -2.30. The van der Waals surface area contributed by atoms with Crippen molar-refractivity contribution in [3.05, 3.63) is 35.4 Å². The standard InChI is InChI=1S/C23H33NO4/c25-21(18-6-2-1-3-7-18)15-16-24-20(13-14-22(24)26)8-4-5-17-9-11-19(12-10-17)23(27)28/h9-12,18,20-21,25H,1-8,13-16H2,(H,27,28)/t20-,21+/m0/s1. The number of amides is 1. The molecule has 1 heterocycles. The molecular weight excluding hydrogens is 354 g/mol. The van der Waals surface area contributed by atoms with Gasteiger partial charge in [-0.15, -0.1) is 0 Å². The Morgan fingerprint density at radius 1 is 1.11 bits per heavy atom. The molecule has 1 saturated carbocycles. The van der Waals surface area contributed by atoms with E-state index in [4.69, 9.17) is 5.11 Å². The van der Waals surface area contributed by atoms with Gasteiger partial charge in [-0.3, -0.25) is 4.79 Å². The van der Waals surface area contributed by atoms with Crippen LogP contribution >= 0.6 is 0 Å². The molecule has 1 aliphatic heterocycles. The lowest BCUT2D eigenvalue weighted by Crippen LogP contribution is -2.36. The smallest absolute Gasteiger partial charge is 0.335 e. The van der Waals surface area contributed by atoms with Gasteiger partial charge in [0.2, 0.25) is 5.91 Å². The summed E-state index contributed by atoms with van der Waals surface area (Å²) in [5, 5.41) is 19.5. The van der Waals surface area contributed by atoms with E-state index >= 15 is 0 Å². The third kappa shape index (κ3) is 5.57. The van der Waals surface area contributed by atoms with Gasteiger partial charge in [0.05, 0.1) is 11.7 Å². The van der Waals surface area contributed by atoms with Crippen molar-refractivity contribution in [3.63, 3.8) is 0 Å². The maximum Gasteiger partial charge on any atom is 0.335 e. The van der Waals surface area contributed by atoms with Crippen LogP contribution in [-0.4, -0.2) is 45.7 Å². The van der Waals surface area contributed by atoms with Gasteiger partial charge in [0.25, 0.3) is 0 Å². The minimum absolute atomic E-state index is 0.228. The summed E-state index contributed by atoms with van der Waals surface area (Å²) in [5.74, 6) is -0.257. The summed E-state index contributed by atoms with van der Waals surface area (Å²) in [7, 11) is 0. The predicted octanol–water partition coefficient (Wildman–Crippen LogP) is 4.03. The number of rotatable bonds is 9. The lowest BCUT2D eigenvalue weighted by molar-refractivity contribution is -0.129. The van der Waals surface area contributed by atoms with Gasteiger partial charge in [-0.25, -0.2) is 4.79 Å². The number of carbonyl (C=O) groups excluding carboxylic acids is 1. The van der Waals surface area contributed by atoms with Gasteiger partial charge >= 0.3 is 5.97 Å². The molecule has 154 valence electrons. The van der Waals surface area contributed by atoms with E-state index < -0.39 is 5.97 Å². The fourth-order valence-electron chi connectivity index (χ4n) is 4.78. The second-order valence-corrected chi connectivity index (χ2v) is 8.43. The van der Waals surface area contributed by atoms with Crippen LogP contribution in [0, 0.1) is 5.92 Å². The minimum Gasteiger partial charge on any atom is -0.478 e. The second kappa shape index (κ2) is 10.1. The van der Waals surface area contributed by atoms with Crippen molar-refractivity contribution < 1.29 is 19.8 Å². The van der Waals surface area contributed by atoms with Crippen molar-refractivity contribution in [1.29, 1.82) is 0 Å². The fraction of sp³-hybridized carbons (Fsp3) is 0.652. The van der Waals surface area contributed by atoms with Crippen LogP contribution in [-0.2, 0) is 11.2 Å². The quantitative estimate of drug-likeness (QED) is 0.671. The van der Waals surface area contributed by atoms with E-state index in [9.17, 15) is 14.7 Å². The van der Waals surface area contributed by atoms with E-state index in [0.29, 0.717) is 30.9 Å². The molecule has 1 aromatic rings. The number of carboxylic acid groups (broad SMARTS) is 1. The Labute approximate surface area is 167 Å². The molecule has 0 unspecified atom stereocenters. The van der Waals surface area contributed by atoms with E-state index in [1.807, 2.05) is 17.0 Å². The number of benzene rings is 1. The van der Waals surface area contributed by atoms with Crippen LogP contribution in [0.3, 0.4) is 0 Å². The molecule has 2 atom stereocenters. The molecule has 3 rings (SSSR count). The van der Waals surface area contributed by atoms with Gasteiger partial charge < -0.3 is 15.1 Å². The minimum atomic E-state index is -0.901. The van der Waals surface area contributed by atoms with Gasteiger partial charge in [0.1, 0.15) is 0 Å². The molecule has 1 amide bonds. The van der Waals surface area contributed by atoms with Crippen molar-refractivity contribution in [2.24, 2.45) is 5.92 Å². The summed E-state index contributed by atoms with van der Waals surface area (Å²) >= 11 is 0. The molecule has 1 aliphatic carbocycles. The number of hydrogen-bond acceptors (Lipinski definition) is 3. The summed E-state index contributed by atoms with van der Waals surface area (Å²) in [6, 6.07) is 7.33. The van der Waals surface area contributed by atoms with Crippen LogP contribution in [0.5, 0.6) is 0 Å². The van der Waals surface area contributed by atoms with Crippen LogP contribution in [0.2, 0.25) is 0 Å². The van der Waals surface area contributed by atoms with Crippen LogP contribution < -0.4 is 0 Å². The highest BCUT2D eigenvalue weighted by Crippen LogP contribution is 2.29. The summed E-state index contributed by atoms with van der Waals surface area (Å²) in [4.78, 5) is 25.2. The average molecular weight is 388 g/mol. The summed E-state index contributed by atoms with van der Waals surface area (Å²) in [6.07, 6.45) is 10.8. The summed E-state index contributed by atoms with van der Waals surface area (Å²) in [5.41, 5.74) is 1.45. The topological polar surface area (TPSA) is 77.8 Å². The maximum absolute atomic E-state index is 12.3. The third-order valence-corrected chi connectivity index (χ3v) is 6.52. The van der Waals surface area contributed by atoms with Crippen molar-refractivity contribution in [3.8, 4) is 0 Å². The number of hydrogen-bond donors (Lipinski definition) is 2. The van der Waals surface area contributed by atoms with Crippen molar-refractivity contribution >= 4 is 11.9 Å². The second-order valence-electron chi connectivity index (χ2n) is 8.43. The number of aliphatic hydroxyl groups is 1. The Kier molecular flexibility index (Phi) is 7.49. The fourth-order valence-corrected chi connectivity index (χ4v) is 4.78. The number of aryl methyl sites for hydroxylation is 1. The highest BCUT2D eigenvalue weighted by atomic mass is 16.4. The van der Waals surface area contributed by atoms with Gasteiger partial charge in [0, 0.05) is 19.0 Å². The lowest BCUT2D eigenvalue weighted by atomic mass is 9.84. The predicted molar refractivity (Wildman–Crippen MR) is 108 cm³/mol. The van der Waals surface area contributed by atoms with Gasteiger partial charge in [0.15, 0.2) is 0 Å². The number of likely N-dealkylation sites (tertiary alicyclic amines) is 1. The van der Waals surface area contributed by atoms with Gasteiger partial charge in [-0.1, -0.05) is 31.4 Å². The van der Waals surface area contributed by atoms with Crippen molar-refractivity contribution in [2.45, 2.75) is 82.8 Å². The molecular formula is C23H33NO4. The van der Waals surface area contributed by atoms with Gasteiger partial charge in [-0.05, 0) is 68.6 Å².